The largest absolute Gasteiger partial charge is 0.484 e. The molecule has 6 heteroatoms. The van der Waals surface area contributed by atoms with Crippen LogP contribution in [0.15, 0.2) is 48.5 Å². The Labute approximate surface area is 201 Å². The molecule has 4 rings (SSSR count). The predicted molar refractivity (Wildman–Crippen MR) is 130 cm³/mol. The molecule has 2 aromatic carbocycles. The van der Waals surface area contributed by atoms with Gasteiger partial charge in [-0.15, -0.1) is 5.92 Å². The fourth-order valence-electron chi connectivity index (χ4n) is 5.90. The average Bonchev–Trinajstić information content (AvgIpc) is 2.82. The van der Waals surface area contributed by atoms with Crippen molar-refractivity contribution in [1.82, 2.24) is 0 Å². The Morgan fingerprint density at radius 3 is 2.53 bits per heavy atom. The molecular weight excluding hydrogens is 428 g/mol. The highest BCUT2D eigenvalue weighted by molar-refractivity contribution is 5.75. The lowest BCUT2D eigenvalue weighted by Gasteiger charge is -2.53. The van der Waals surface area contributed by atoms with Gasteiger partial charge in [0.2, 0.25) is 5.91 Å². The number of rotatable bonds is 8. The molecular formula is C28H32N2O4. The summed E-state index contributed by atoms with van der Waals surface area (Å²) in [6.07, 6.45) is 5.16. The highest BCUT2D eigenvalue weighted by atomic mass is 16.5. The summed E-state index contributed by atoms with van der Waals surface area (Å²) in [5.74, 6) is 6.34. The molecule has 1 saturated carbocycles. The summed E-state index contributed by atoms with van der Waals surface area (Å²) in [6.45, 7) is 1.56. The lowest BCUT2D eigenvalue weighted by molar-refractivity contribution is -0.131. The highest BCUT2D eigenvalue weighted by Gasteiger charge is 2.52. The van der Waals surface area contributed by atoms with Gasteiger partial charge >= 0.3 is 0 Å². The van der Waals surface area contributed by atoms with Gasteiger partial charge in [-0.1, -0.05) is 42.3 Å². The Morgan fingerprint density at radius 1 is 1.06 bits per heavy atom. The minimum atomic E-state index is -0.656. The van der Waals surface area contributed by atoms with E-state index in [0.29, 0.717) is 11.7 Å². The van der Waals surface area contributed by atoms with Crippen molar-refractivity contribution in [2.75, 3.05) is 13.2 Å². The van der Waals surface area contributed by atoms with Gasteiger partial charge in [-0.05, 0) is 80.2 Å². The van der Waals surface area contributed by atoms with Crippen molar-refractivity contribution < 1.29 is 19.1 Å². The number of hydrogen-bond donors (Lipinski definition) is 2. The number of amides is 2. The number of carbonyl (C=O) groups is 2. The molecule has 178 valence electrons. The molecule has 0 aromatic heterocycles. The van der Waals surface area contributed by atoms with Crippen LogP contribution in [0.1, 0.15) is 49.3 Å². The number of hydrogen-bond acceptors (Lipinski definition) is 4. The van der Waals surface area contributed by atoms with Crippen LogP contribution in [0.5, 0.6) is 5.75 Å². The second-order valence-corrected chi connectivity index (χ2v) is 9.46. The number of benzene rings is 2. The summed E-state index contributed by atoms with van der Waals surface area (Å²) in [6, 6.07) is 16.7. The number of primary amides is 2. The smallest absolute Gasteiger partial charge is 0.255 e. The van der Waals surface area contributed by atoms with E-state index in [9.17, 15) is 9.59 Å². The molecule has 2 aromatic rings. The minimum absolute atomic E-state index is 0.0772. The third-order valence-corrected chi connectivity index (χ3v) is 7.29. The van der Waals surface area contributed by atoms with Crippen LogP contribution in [0.25, 0.3) is 0 Å². The standard InChI is InChI=1S/C28H32N2O4/c1-2-12-27(34-19-26(30)32)13-14-28(16-20-6-4-3-5-7-20)22(17-27)9-8-21-15-23(10-11-24(21)28)33-18-25(29)31/h3-7,10-11,15,22H,8-9,13-14,16-19H2,1H3,(H2,29,31)(H2,30,32). The van der Waals surface area contributed by atoms with Crippen LogP contribution >= 0.6 is 0 Å². The molecule has 0 spiro atoms. The third-order valence-electron chi connectivity index (χ3n) is 7.29. The fourth-order valence-corrected chi connectivity index (χ4v) is 5.90. The van der Waals surface area contributed by atoms with Gasteiger partial charge in [-0.3, -0.25) is 9.59 Å². The topological polar surface area (TPSA) is 105 Å². The molecule has 0 heterocycles. The Kier molecular flexibility index (Phi) is 6.95. The second-order valence-electron chi connectivity index (χ2n) is 9.46. The molecule has 4 N–H and O–H groups in total. The molecule has 0 radical (unpaired) electrons. The van der Waals surface area contributed by atoms with Crippen molar-refractivity contribution in [3.8, 4) is 17.6 Å². The molecule has 0 saturated heterocycles. The number of ether oxygens (including phenoxy) is 2. The zero-order valence-electron chi connectivity index (χ0n) is 19.6. The monoisotopic (exact) mass is 460 g/mol. The van der Waals surface area contributed by atoms with E-state index in [2.05, 4.69) is 48.2 Å². The number of aryl methyl sites for hydroxylation is 1. The zero-order valence-corrected chi connectivity index (χ0v) is 19.6. The Hall–Kier alpha value is -3.30. The van der Waals surface area contributed by atoms with Gasteiger partial charge in [0.05, 0.1) is 0 Å². The Bertz CT molecular complexity index is 1120. The maximum Gasteiger partial charge on any atom is 0.255 e. The number of carbonyl (C=O) groups excluding carboxylic acids is 2. The van der Waals surface area contributed by atoms with Crippen molar-refractivity contribution in [3.63, 3.8) is 0 Å². The van der Waals surface area contributed by atoms with Crippen molar-refractivity contribution in [1.29, 1.82) is 0 Å². The average molecular weight is 461 g/mol. The zero-order chi connectivity index (χ0) is 24.2. The molecule has 1 fully saturated rings. The first-order valence-corrected chi connectivity index (χ1v) is 11.8. The minimum Gasteiger partial charge on any atom is -0.484 e. The van der Waals surface area contributed by atoms with Crippen LogP contribution in [-0.4, -0.2) is 30.6 Å². The molecule has 3 atom stereocenters. The van der Waals surface area contributed by atoms with Crippen LogP contribution in [0.4, 0.5) is 0 Å². The van der Waals surface area contributed by atoms with E-state index in [1.54, 1.807) is 0 Å². The van der Waals surface area contributed by atoms with Gasteiger partial charge < -0.3 is 20.9 Å². The maximum absolute atomic E-state index is 11.5. The summed E-state index contributed by atoms with van der Waals surface area (Å²) in [4.78, 5) is 22.6. The number of fused-ring (bicyclic) bond motifs is 3. The van der Waals surface area contributed by atoms with Crippen molar-refractivity contribution in [2.24, 2.45) is 17.4 Å². The van der Waals surface area contributed by atoms with E-state index in [4.69, 9.17) is 20.9 Å². The van der Waals surface area contributed by atoms with Crippen molar-refractivity contribution in [2.45, 2.75) is 56.5 Å². The molecule has 6 nitrogen and oxygen atoms in total. The lowest BCUT2D eigenvalue weighted by atomic mass is 9.52. The molecule has 34 heavy (non-hydrogen) atoms. The molecule has 2 aliphatic rings. The normalized spacial score (nSPS) is 25.3. The van der Waals surface area contributed by atoms with Crippen molar-refractivity contribution in [3.05, 3.63) is 65.2 Å². The maximum atomic E-state index is 11.5. The van der Waals surface area contributed by atoms with E-state index in [1.807, 2.05) is 19.1 Å². The van der Waals surface area contributed by atoms with Crippen LogP contribution in [0.2, 0.25) is 0 Å². The van der Waals surface area contributed by atoms with Crippen LogP contribution in [-0.2, 0) is 32.6 Å². The highest BCUT2D eigenvalue weighted by Crippen LogP contribution is 2.55. The second kappa shape index (κ2) is 9.90. The lowest BCUT2D eigenvalue weighted by Crippen LogP contribution is -2.52. The molecule has 0 aliphatic heterocycles. The van der Waals surface area contributed by atoms with Gasteiger partial charge in [0.15, 0.2) is 6.61 Å². The first-order valence-electron chi connectivity index (χ1n) is 11.8. The van der Waals surface area contributed by atoms with Gasteiger partial charge in [0, 0.05) is 5.41 Å². The van der Waals surface area contributed by atoms with Crippen molar-refractivity contribution >= 4 is 11.8 Å². The Morgan fingerprint density at radius 2 is 1.82 bits per heavy atom. The quantitative estimate of drug-likeness (QED) is 0.591. The molecule has 0 bridgehead atoms. The molecule has 2 amide bonds. The van der Waals surface area contributed by atoms with E-state index < -0.39 is 17.4 Å². The van der Waals surface area contributed by atoms with E-state index >= 15 is 0 Å². The summed E-state index contributed by atoms with van der Waals surface area (Å²) in [7, 11) is 0. The third kappa shape index (κ3) is 4.95. The summed E-state index contributed by atoms with van der Waals surface area (Å²) in [5.41, 5.74) is 13.8. The summed E-state index contributed by atoms with van der Waals surface area (Å²) >= 11 is 0. The van der Waals surface area contributed by atoms with Gasteiger partial charge in [-0.2, -0.15) is 0 Å². The molecule has 2 aliphatic carbocycles. The van der Waals surface area contributed by atoms with Gasteiger partial charge in [-0.25, -0.2) is 0 Å². The van der Waals surface area contributed by atoms with E-state index in [-0.39, 0.29) is 18.6 Å². The fraction of sp³-hybridized carbons (Fsp3) is 0.429. The summed E-state index contributed by atoms with van der Waals surface area (Å²) < 4.78 is 11.6. The van der Waals surface area contributed by atoms with Crippen LogP contribution in [0.3, 0.4) is 0 Å². The van der Waals surface area contributed by atoms with E-state index in [0.717, 1.165) is 38.5 Å². The summed E-state index contributed by atoms with van der Waals surface area (Å²) in [5, 5.41) is 0. The molecule has 3 unspecified atom stereocenters. The SMILES string of the molecule is CC#CC1(OCC(N)=O)CCC2(Cc3ccccc3)c3ccc(OCC(N)=O)cc3CCC2C1. The Balaban J connectivity index is 1.71. The van der Waals surface area contributed by atoms with Gasteiger partial charge in [0.25, 0.3) is 5.91 Å². The first kappa shape index (κ1) is 23.8. The van der Waals surface area contributed by atoms with Crippen LogP contribution in [0, 0.1) is 17.8 Å². The first-order chi connectivity index (χ1) is 16.4. The number of nitrogens with two attached hydrogens (primary N) is 2. The van der Waals surface area contributed by atoms with Crippen LogP contribution < -0.4 is 16.2 Å². The predicted octanol–water partition coefficient (Wildman–Crippen LogP) is 3.04. The van der Waals surface area contributed by atoms with Gasteiger partial charge in [0.1, 0.15) is 18.0 Å². The van der Waals surface area contributed by atoms with E-state index in [1.165, 1.54) is 16.7 Å².